The van der Waals surface area contributed by atoms with Crippen molar-refractivity contribution in [3.63, 3.8) is 0 Å². The molecule has 0 saturated heterocycles. The van der Waals surface area contributed by atoms with Gasteiger partial charge in [0.25, 0.3) is 0 Å². The fourth-order valence-electron chi connectivity index (χ4n) is 1.63. The maximum Gasteiger partial charge on any atom is -0.00369 e. The Morgan fingerprint density at radius 1 is 0.688 bits per heavy atom. The van der Waals surface area contributed by atoms with Gasteiger partial charge in [0, 0.05) is 0 Å². The van der Waals surface area contributed by atoms with Gasteiger partial charge in [0.1, 0.15) is 0 Å². The van der Waals surface area contributed by atoms with Crippen molar-refractivity contribution in [2.75, 3.05) is 32.7 Å². The molecule has 0 aliphatic rings. The van der Waals surface area contributed by atoms with Gasteiger partial charge in [-0.25, -0.2) is 0 Å². The normalized spacial score (nSPS) is 10.9. The molecule has 3 nitrogen and oxygen atoms in total. The molecule has 0 aliphatic carbocycles. The standard InChI is InChI=1S/C13H31N3/c1-2-3-10-15-11-6-4-5-7-12-16-13-8-9-14/h15-16H,2-14H2,1H3. The van der Waals surface area contributed by atoms with Gasteiger partial charge in [-0.05, 0) is 58.4 Å². The summed E-state index contributed by atoms with van der Waals surface area (Å²) in [5, 5.41) is 6.89. The van der Waals surface area contributed by atoms with E-state index in [1.165, 1.54) is 51.6 Å². The first kappa shape index (κ1) is 15.9. The van der Waals surface area contributed by atoms with E-state index < -0.39 is 0 Å². The Morgan fingerprint density at radius 3 is 1.69 bits per heavy atom. The molecule has 0 radical (unpaired) electrons. The number of unbranched alkanes of at least 4 members (excludes halogenated alkanes) is 4. The van der Waals surface area contributed by atoms with E-state index in [0.717, 1.165) is 26.1 Å². The largest absolute Gasteiger partial charge is 0.330 e. The maximum atomic E-state index is 5.41. The molecule has 0 amide bonds. The highest BCUT2D eigenvalue weighted by Crippen LogP contribution is 1.97. The van der Waals surface area contributed by atoms with Crippen LogP contribution in [-0.2, 0) is 0 Å². The van der Waals surface area contributed by atoms with Gasteiger partial charge >= 0.3 is 0 Å². The zero-order chi connectivity index (χ0) is 11.9. The minimum atomic E-state index is 0.802. The van der Waals surface area contributed by atoms with Gasteiger partial charge in [-0.15, -0.1) is 0 Å². The summed E-state index contributed by atoms with van der Waals surface area (Å²) in [6, 6.07) is 0. The Morgan fingerprint density at radius 2 is 1.19 bits per heavy atom. The number of hydrogen-bond donors (Lipinski definition) is 3. The maximum absolute atomic E-state index is 5.41. The first-order valence-corrected chi connectivity index (χ1v) is 7.03. The summed E-state index contributed by atoms with van der Waals surface area (Å²) in [6.45, 7) is 7.66. The fraction of sp³-hybridized carbons (Fsp3) is 1.00. The van der Waals surface area contributed by atoms with Gasteiger partial charge < -0.3 is 16.4 Å². The lowest BCUT2D eigenvalue weighted by Crippen LogP contribution is -2.19. The van der Waals surface area contributed by atoms with Gasteiger partial charge in [-0.3, -0.25) is 0 Å². The van der Waals surface area contributed by atoms with Gasteiger partial charge in [0.05, 0.1) is 0 Å². The molecule has 16 heavy (non-hydrogen) atoms. The van der Waals surface area contributed by atoms with Crippen LogP contribution < -0.4 is 16.4 Å². The molecule has 4 N–H and O–H groups in total. The van der Waals surface area contributed by atoms with Gasteiger partial charge in [-0.2, -0.15) is 0 Å². The van der Waals surface area contributed by atoms with E-state index in [2.05, 4.69) is 17.6 Å². The van der Waals surface area contributed by atoms with E-state index in [0.29, 0.717) is 0 Å². The molecule has 0 bridgehead atoms. The molecule has 0 aromatic rings. The molecule has 0 unspecified atom stereocenters. The van der Waals surface area contributed by atoms with Crippen LogP contribution >= 0.6 is 0 Å². The molecular weight excluding hydrogens is 198 g/mol. The van der Waals surface area contributed by atoms with Crippen LogP contribution in [0, 0.1) is 0 Å². The van der Waals surface area contributed by atoms with E-state index >= 15 is 0 Å². The summed E-state index contributed by atoms with van der Waals surface area (Å²) in [5.74, 6) is 0. The Hall–Kier alpha value is -0.120. The SMILES string of the molecule is CCCCNCCCCCCNCCCN. The number of rotatable bonds is 13. The van der Waals surface area contributed by atoms with Crippen LogP contribution in [0.1, 0.15) is 51.9 Å². The van der Waals surface area contributed by atoms with Crippen LogP contribution in [0.15, 0.2) is 0 Å². The van der Waals surface area contributed by atoms with Gasteiger partial charge in [0.15, 0.2) is 0 Å². The van der Waals surface area contributed by atoms with Crippen molar-refractivity contribution in [3.05, 3.63) is 0 Å². The molecule has 0 atom stereocenters. The highest BCUT2D eigenvalue weighted by molar-refractivity contribution is 4.52. The summed E-state index contributed by atoms with van der Waals surface area (Å²) in [7, 11) is 0. The summed E-state index contributed by atoms with van der Waals surface area (Å²) in [6.07, 6.45) is 9.04. The van der Waals surface area contributed by atoms with Crippen LogP contribution in [0.3, 0.4) is 0 Å². The highest BCUT2D eigenvalue weighted by Gasteiger charge is 1.91. The van der Waals surface area contributed by atoms with Crippen LogP contribution in [0.5, 0.6) is 0 Å². The second-order valence-electron chi connectivity index (χ2n) is 4.41. The lowest BCUT2D eigenvalue weighted by Gasteiger charge is -2.05. The minimum absolute atomic E-state index is 0.802. The lowest BCUT2D eigenvalue weighted by atomic mass is 10.2. The van der Waals surface area contributed by atoms with Crippen LogP contribution in [-0.4, -0.2) is 32.7 Å². The molecule has 0 rings (SSSR count). The van der Waals surface area contributed by atoms with Crippen molar-refractivity contribution in [3.8, 4) is 0 Å². The predicted molar refractivity (Wildman–Crippen MR) is 72.8 cm³/mol. The second-order valence-corrected chi connectivity index (χ2v) is 4.41. The molecule has 0 spiro atoms. The summed E-state index contributed by atoms with van der Waals surface area (Å²) in [4.78, 5) is 0. The van der Waals surface area contributed by atoms with E-state index in [4.69, 9.17) is 5.73 Å². The molecular formula is C13H31N3. The van der Waals surface area contributed by atoms with Crippen LogP contribution in [0.25, 0.3) is 0 Å². The highest BCUT2D eigenvalue weighted by atomic mass is 14.8. The summed E-state index contributed by atoms with van der Waals surface area (Å²) in [5.41, 5.74) is 5.41. The third-order valence-electron chi connectivity index (χ3n) is 2.72. The predicted octanol–water partition coefficient (Wildman–Crippen LogP) is 1.87. The Balaban J connectivity index is 2.83. The number of nitrogens with two attached hydrogens (primary N) is 1. The minimum Gasteiger partial charge on any atom is -0.330 e. The van der Waals surface area contributed by atoms with E-state index in [1.54, 1.807) is 0 Å². The molecule has 0 aliphatic heterocycles. The molecule has 98 valence electrons. The van der Waals surface area contributed by atoms with Crippen molar-refractivity contribution < 1.29 is 0 Å². The second kappa shape index (κ2) is 14.9. The van der Waals surface area contributed by atoms with Crippen molar-refractivity contribution in [1.82, 2.24) is 10.6 Å². The molecule has 0 saturated carbocycles. The Labute approximate surface area is 102 Å². The van der Waals surface area contributed by atoms with Crippen molar-refractivity contribution in [2.45, 2.75) is 51.9 Å². The van der Waals surface area contributed by atoms with Crippen molar-refractivity contribution in [2.24, 2.45) is 5.73 Å². The first-order chi connectivity index (χ1) is 7.91. The third-order valence-corrected chi connectivity index (χ3v) is 2.72. The number of nitrogens with one attached hydrogen (secondary N) is 2. The molecule has 0 aromatic carbocycles. The molecule has 0 fully saturated rings. The zero-order valence-corrected chi connectivity index (χ0v) is 11.1. The van der Waals surface area contributed by atoms with E-state index in [1.807, 2.05) is 0 Å². The van der Waals surface area contributed by atoms with E-state index in [9.17, 15) is 0 Å². The van der Waals surface area contributed by atoms with Gasteiger partial charge in [0.2, 0.25) is 0 Å². The smallest absolute Gasteiger partial charge is 0.00369 e. The molecule has 0 aromatic heterocycles. The summed E-state index contributed by atoms with van der Waals surface area (Å²) < 4.78 is 0. The first-order valence-electron chi connectivity index (χ1n) is 7.03. The van der Waals surface area contributed by atoms with Gasteiger partial charge in [-0.1, -0.05) is 26.2 Å². The average molecular weight is 229 g/mol. The zero-order valence-electron chi connectivity index (χ0n) is 11.1. The Kier molecular flexibility index (Phi) is 14.8. The molecule has 3 heteroatoms. The van der Waals surface area contributed by atoms with Crippen molar-refractivity contribution >= 4 is 0 Å². The monoisotopic (exact) mass is 229 g/mol. The van der Waals surface area contributed by atoms with E-state index in [-0.39, 0.29) is 0 Å². The molecule has 0 heterocycles. The summed E-state index contributed by atoms with van der Waals surface area (Å²) >= 11 is 0. The number of hydrogen-bond acceptors (Lipinski definition) is 3. The van der Waals surface area contributed by atoms with Crippen molar-refractivity contribution in [1.29, 1.82) is 0 Å². The van der Waals surface area contributed by atoms with Crippen LogP contribution in [0.2, 0.25) is 0 Å². The Bertz CT molecular complexity index is 104. The quantitative estimate of drug-likeness (QED) is 0.423. The fourth-order valence-corrected chi connectivity index (χ4v) is 1.63. The topological polar surface area (TPSA) is 50.1 Å². The third kappa shape index (κ3) is 13.9. The lowest BCUT2D eigenvalue weighted by molar-refractivity contribution is 0.553. The van der Waals surface area contributed by atoms with Crippen LogP contribution in [0.4, 0.5) is 0 Å². The average Bonchev–Trinajstić information content (AvgIpc) is 2.31.